The minimum Gasteiger partial charge on any atom is -0.506 e. The first kappa shape index (κ1) is 22.9. The summed E-state index contributed by atoms with van der Waals surface area (Å²) in [4.78, 5) is 19.5. The average Bonchev–Trinajstić information content (AvgIpc) is 3.16. The van der Waals surface area contributed by atoms with Crippen molar-refractivity contribution in [2.45, 2.75) is 45.3 Å². The molecule has 0 bridgehead atoms. The Morgan fingerprint density at radius 1 is 1.34 bits per heavy atom. The number of nitrogens with zero attached hydrogens (tertiary/aromatic N) is 2. The number of ether oxygens (including phenoxy) is 1. The topological polar surface area (TPSA) is 88.1 Å². The van der Waals surface area contributed by atoms with Crippen molar-refractivity contribution in [3.8, 4) is 5.75 Å². The number of nitrogens with two attached hydrogens (primary N) is 1. The number of phenolic OH excluding ortho intramolecular Hbond substituents is 1. The van der Waals surface area contributed by atoms with Gasteiger partial charge in [-0.3, -0.25) is 4.79 Å². The van der Waals surface area contributed by atoms with Crippen LogP contribution >= 0.6 is 11.8 Å². The smallest absolute Gasteiger partial charge is 0.261 e. The van der Waals surface area contributed by atoms with Crippen LogP contribution in [-0.4, -0.2) is 52.6 Å². The van der Waals surface area contributed by atoms with Gasteiger partial charge < -0.3 is 20.5 Å². The van der Waals surface area contributed by atoms with E-state index in [1.165, 1.54) is 5.57 Å². The van der Waals surface area contributed by atoms with Gasteiger partial charge in [0, 0.05) is 13.1 Å². The van der Waals surface area contributed by atoms with Crippen molar-refractivity contribution in [3.05, 3.63) is 42.0 Å². The third-order valence-electron chi connectivity index (χ3n) is 7.41. The third kappa shape index (κ3) is 4.33. The fourth-order valence-electron chi connectivity index (χ4n) is 4.72. The monoisotopic (exact) mass is 455 g/mol. The first-order valence-electron chi connectivity index (χ1n) is 11.3. The van der Waals surface area contributed by atoms with Gasteiger partial charge in [-0.15, -0.1) is 0 Å². The fourth-order valence-corrected chi connectivity index (χ4v) is 5.99. The van der Waals surface area contributed by atoms with E-state index in [0.717, 1.165) is 43.1 Å². The molecule has 2 heterocycles. The summed E-state index contributed by atoms with van der Waals surface area (Å²) in [7, 11) is 0. The number of allylic oxidation sites excluding steroid dienone is 4. The van der Waals surface area contributed by atoms with Crippen LogP contribution in [-0.2, 0) is 9.53 Å². The second kappa shape index (κ2) is 8.94. The molecule has 7 heteroatoms. The lowest BCUT2D eigenvalue weighted by Crippen LogP contribution is -2.41. The standard InChI is InChI=1S/C25H33N3O3S/c1-4-24(2,3)25(9-5-6-18(15-25)17-7-8-20(29)19(26)14-17)16-21-22(30)27-23(32-21)28-10-12-31-13-11-28/h5-9,14,21,29H,4,10-13,15-16,26H2,1-3H3. The average molecular weight is 456 g/mol. The van der Waals surface area contributed by atoms with Crippen molar-refractivity contribution in [3.63, 3.8) is 0 Å². The number of amides is 1. The first-order valence-corrected chi connectivity index (χ1v) is 12.2. The summed E-state index contributed by atoms with van der Waals surface area (Å²) in [6.07, 6.45) is 9.07. The number of rotatable bonds is 5. The van der Waals surface area contributed by atoms with E-state index in [9.17, 15) is 9.90 Å². The number of nitrogen functional groups attached to an aromatic ring is 1. The van der Waals surface area contributed by atoms with Gasteiger partial charge in [0.2, 0.25) is 0 Å². The molecule has 1 aliphatic carbocycles. The van der Waals surface area contributed by atoms with Gasteiger partial charge in [0.15, 0.2) is 5.17 Å². The van der Waals surface area contributed by atoms with Gasteiger partial charge in [0.05, 0.1) is 24.2 Å². The number of carbonyl (C=O) groups excluding carboxylic acids is 1. The number of amidine groups is 1. The van der Waals surface area contributed by atoms with E-state index in [2.05, 4.69) is 48.9 Å². The molecule has 2 unspecified atom stereocenters. The Kier molecular flexibility index (Phi) is 6.41. The lowest BCUT2D eigenvalue weighted by atomic mass is 9.57. The summed E-state index contributed by atoms with van der Waals surface area (Å²) >= 11 is 1.61. The fraction of sp³-hybridized carbons (Fsp3) is 0.520. The van der Waals surface area contributed by atoms with Crippen molar-refractivity contribution in [2.75, 3.05) is 32.0 Å². The Labute approximate surface area is 194 Å². The number of benzene rings is 1. The second-order valence-electron chi connectivity index (χ2n) is 9.54. The molecule has 1 amide bonds. The molecule has 2 atom stereocenters. The van der Waals surface area contributed by atoms with Gasteiger partial charge in [0.25, 0.3) is 5.91 Å². The van der Waals surface area contributed by atoms with Gasteiger partial charge in [-0.1, -0.05) is 63.2 Å². The normalized spacial score (nSPS) is 26.3. The molecule has 0 aromatic heterocycles. The predicted octanol–water partition coefficient (Wildman–Crippen LogP) is 4.46. The van der Waals surface area contributed by atoms with E-state index < -0.39 is 0 Å². The third-order valence-corrected chi connectivity index (χ3v) is 8.62. The van der Waals surface area contributed by atoms with E-state index in [-0.39, 0.29) is 27.7 Å². The van der Waals surface area contributed by atoms with E-state index in [0.29, 0.717) is 18.9 Å². The Morgan fingerprint density at radius 3 is 2.78 bits per heavy atom. The molecule has 1 saturated heterocycles. The molecule has 0 radical (unpaired) electrons. The summed E-state index contributed by atoms with van der Waals surface area (Å²) in [5.41, 5.74) is 8.32. The largest absolute Gasteiger partial charge is 0.506 e. The number of phenols is 1. The highest BCUT2D eigenvalue weighted by molar-refractivity contribution is 8.15. The number of hydrogen-bond donors (Lipinski definition) is 2. The van der Waals surface area contributed by atoms with Gasteiger partial charge in [-0.2, -0.15) is 4.99 Å². The molecule has 1 aromatic rings. The van der Waals surface area contributed by atoms with Gasteiger partial charge in [-0.25, -0.2) is 0 Å². The van der Waals surface area contributed by atoms with Gasteiger partial charge in [-0.05, 0) is 46.9 Å². The second-order valence-corrected chi connectivity index (χ2v) is 10.7. The zero-order valence-electron chi connectivity index (χ0n) is 19.1. The molecule has 1 fully saturated rings. The number of anilines is 1. The summed E-state index contributed by atoms with van der Waals surface area (Å²) in [6.45, 7) is 9.72. The lowest BCUT2D eigenvalue weighted by Gasteiger charge is -2.48. The number of morpholine rings is 1. The van der Waals surface area contributed by atoms with Crippen LogP contribution in [0.4, 0.5) is 5.69 Å². The van der Waals surface area contributed by atoms with E-state index in [1.54, 1.807) is 17.8 Å². The Balaban J connectivity index is 1.58. The first-order chi connectivity index (χ1) is 15.2. The quantitative estimate of drug-likeness (QED) is 0.503. The summed E-state index contributed by atoms with van der Waals surface area (Å²) in [5, 5.41) is 10.5. The highest BCUT2D eigenvalue weighted by Gasteiger charge is 2.47. The summed E-state index contributed by atoms with van der Waals surface area (Å²) in [5.74, 6) is 0.0720. The molecule has 3 aliphatic rings. The predicted molar refractivity (Wildman–Crippen MR) is 132 cm³/mol. The van der Waals surface area contributed by atoms with Crippen molar-refractivity contribution >= 4 is 34.1 Å². The maximum Gasteiger partial charge on any atom is 0.261 e. The molecule has 32 heavy (non-hydrogen) atoms. The van der Waals surface area contributed by atoms with Crippen molar-refractivity contribution in [1.29, 1.82) is 0 Å². The van der Waals surface area contributed by atoms with Crippen LogP contribution in [0.1, 0.15) is 45.6 Å². The SMILES string of the molecule is CCC(C)(C)C1(CC2SC(N3CCOCC3)=NC2=O)C=CC=C(c2ccc(O)c(N)c2)C1. The van der Waals surface area contributed by atoms with Crippen molar-refractivity contribution in [1.82, 2.24) is 4.90 Å². The van der Waals surface area contributed by atoms with E-state index >= 15 is 0 Å². The maximum atomic E-state index is 12.9. The van der Waals surface area contributed by atoms with Gasteiger partial charge >= 0.3 is 0 Å². The Hall–Kier alpha value is -2.25. The number of thioether (sulfide) groups is 1. The Bertz CT molecular complexity index is 979. The summed E-state index contributed by atoms with van der Waals surface area (Å²) in [6, 6.07) is 5.39. The van der Waals surface area contributed by atoms with Crippen LogP contribution < -0.4 is 5.73 Å². The minimum atomic E-state index is -0.193. The van der Waals surface area contributed by atoms with Crippen LogP contribution in [0.15, 0.2) is 41.4 Å². The number of hydrogen-bond acceptors (Lipinski definition) is 6. The maximum absolute atomic E-state index is 12.9. The Morgan fingerprint density at radius 2 is 2.09 bits per heavy atom. The molecular weight excluding hydrogens is 422 g/mol. The van der Waals surface area contributed by atoms with Gasteiger partial charge in [0.1, 0.15) is 5.75 Å². The van der Waals surface area contributed by atoms with Crippen LogP contribution in [0.25, 0.3) is 5.57 Å². The zero-order valence-corrected chi connectivity index (χ0v) is 20.0. The van der Waals surface area contributed by atoms with E-state index in [4.69, 9.17) is 10.5 Å². The lowest BCUT2D eigenvalue weighted by molar-refractivity contribution is -0.117. The highest BCUT2D eigenvalue weighted by Crippen LogP contribution is 2.55. The van der Waals surface area contributed by atoms with Crippen LogP contribution in [0.3, 0.4) is 0 Å². The van der Waals surface area contributed by atoms with Crippen molar-refractivity contribution in [2.24, 2.45) is 15.8 Å². The van der Waals surface area contributed by atoms with Crippen LogP contribution in [0.5, 0.6) is 5.75 Å². The van der Waals surface area contributed by atoms with Crippen LogP contribution in [0.2, 0.25) is 0 Å². The highest BCUT2D eigenvalue weighted by atomic mass is 32.2. The number of carbonyl (C=O) groups is 1. The molecule has 0 spiro atoms. The number of aromatic hydroxyl groups is 1. The molecule has 2 aliphatic heterocycles. The molecule has 0 saturated carbocycles. The van der Waals surface area contributed by atoms with Crippen molar-refractivity contribution < 1.29 is 14.6 Å². The van der Waals surface area contributed by atoms with Crippen LogP contribution in [0, 0.1) is 10.8 Å². The molecule has 3 N–H and O–H groups in total. The molecule has 1 aromatic carbocycles. The van der Waals surface area contributed by atoms with E-state index in [1.807, 2.05) is 12.1 Å². The number of aliphatic imine (C=N–C) groups is 1. The zero-order chi connectivity index (χ0) is 22.9. The molecular formula is C25H33N3O3S. The minimum absolute atomic E-state index is 0.0198. The molecule has 172 valence electrons. The summed E-state index contributed by atoms with van der Waals surface area (Å²) < 4.78 is 5.45. The molecule has 4 rings (SSSR count). The molecule has 6 nitrogen and oxygen atoms in total.